The molecule has 0 bridgehead atoms. The van der Waals surface area contributed by atoms with E-state index in [0.717, 1.165) is 27.4 Å². The molecule has 0 saturated carbocycles. The lowest BCUT2D eigenvalue weighted by Crippen LogP contribution is -2.10. The van der Waals surface area contributed by atoms with Crippen molar-refractivity contribution in [3.05, 3.63) is 83.1 Å². The van der Waals surface area contributed by atoms with Crippen LogP contribution in [0.5, 0.6) is 0 Å². The summed E-state index contributed by atoms with van der Waals surface area (Å²) < 4.78 is 0. The van der Waals surface area contributed by atoms with Crippen molar-refractivity contribution >= 4 is 23.2 Å². The van der Waals surface area contributed by atoms with Crippen molar-refractivity contribution in [1.82, 2.24) is 4.98 Å². The zero-order chi connectivity index (χ0) is 16.9. The molecule has 1 aromatic heterocycles. The van der Waals surface area contributed by atoms with E-state index >= 15 is 0 Å². The Morgan fingerprint density at radius 2 is 1.83 bits per heavy atom. The van der Waals surface area contributed by atoms with Crippen LogP contribution in [0.4, 0.5) is 5.69 Å². The maximum atomic E-state index is 11.3. The summed E-state index contributed by atoms with van der Waals surface area (Å²) in [6.07, 6.45) is 3.52. The van der Waals surface area contributed by atoms with Gasteiger partial charge in [0.25, 0.3) is 0 Å². The van der Waals surface area contributed by atoms with Crippen molar-refractivity contribution in [3.63, 3.8) is 0 Å². The van der Waals surface area contributed by atoms with Gasteiger partial charge in [-0.2, -0.15) is 0 Å². The van der Waals surface area contributed by atoms with E-state index in [1.807, 2.05) is 42.5 Å². The van der Waals surface area contributed by atoms with Crippen LogP contribution in [0.25, 0.3) is 11.1 Å². The standard InChI is InChI=1S/C19H16ClN3O/c20-17-6-4-13(5-7-17)10-23-18-9-16(11-22-12-18)14-2-1-3-15(8-14)19(21)24/h1-9,11-12,23H,10H2,(H2,21,24). The van der Waals surface area contributed by atoms with Crippen molar-refractivity contribution < 1.29 is 4.79 Å². The Morgan fingerprint density at radius 1 is 1.04 bits per heavy atom. The average Bonchev–Trinajstić information content (AvgIpc) is 2.61. The van der Waals surface area contributed by atoms with Crippen LogP contribution in [0, 0.1) is 0 Å². The molecule has 0 fully saturated rings. The van der Waals surface area contributed by atoms with Gasteiger partial charge in [0.05, 0.1) is 5.69 Å². The summed E-state index contributed by atoms with van der Waals surface area (Å²) >= 11 is 5.89. The molecule has 0 saturated heterocycles. The molecule has 3 N–H and O–H groups in total. The molecule has 0 aliphatic heterocycles. The number of carbonyl (C=O) groups excluding carboxylic acids is 1. The van der Waals surface area contributed by atoms with Crippen LogP contribution in [0.2, 0.25) is 5.02 Å². The summed E-state index contributed by atoms with van der Waals surface area (Å²) in [5.74, 6) is -0.443. The van der Waals surface area contributed by atoms with E-state index in [1.54, 1.807) is 24.5 Å². The molecule has 0 aliphatic carbocycles. The van der Waals surface area contributed by atoms with Crippen LogP contribution >= 0.6 is 11.6 Å². The van der Waals surface area contributed by atoms with E-state index in [4.69, 9.17) is 17.3 Å². The lowest BCUT2D eigenvalue weighted by molar-refractivity contribution is 0.100. The highest BCUT2D eigenvalue weighted by atomic mass is 35.5. The molecule has 0 unspecified atom stereocenters. The number of hydrogen-bond donors (Lipinski definition) is 2. The van der Waals surface area contributed by atoms with Gasteiger partial charge in [-0.1, -0.05) is 35.9 Å². The molecular weight excluding hydrogens is 322 g/mol. The highest BCUT2D eigenvalue weighted by Crippen LogP contribution is 2.23. The predicted molar refractivity (Wildman–Crippen MR) is 97.0 cm³/mol. The SMILES string of the molecule is NC(=O)c1cccc(-c2cncc(NCc3ccc(Cl)cc3)c2)c1. The van der Waals surface area contributed by atoms with Crippen LogP contribution in [0.15, 0.2) is 67.0 Å². The minimum Gasteiger partial charge on any atom is -0.380 e. The van der Waals surface area contributed by atoms with Crippen molar-refractivity contribution in [1.29, 1.82) is 0 Å². The first kappa shape index (κ1) is 16.0. The number of primary amides is 1. The van der Waals surface area contributed by atoms with E-state index in [-0.39, 0.29) is 0 Å². The van der Waals surface area contributed by atoms with E-state index < -0.39 is 5.91 Å². The lowest BCUT2D eigenvalue weighted by atomic mass is 10.0. The smallest absolute Gasteiger partial charge is 0.248 e. The molecule has 3 aromatic rings. The molecule has 0 radical (unpaired) electrons. The molecular formula is C19H16ClN3O. The largest absolute Gasteiger partial charge is 0.380 e. The lowest BCUT2D eigenvalue weighted by Gasteiger charge is -2.09. The second kappa shape index (κ2) is 7.15. The molecule has 1 amide bonds. The molecule has 1 heterocycles. The number of pyridine rings is 1. The summed E-state index contributed by atoms with van der Waals surface area (Å²) in [6.45, 7) is 0.670. The molecule has 0 aliphatic rings. The Hall–Kier alpha value is -2.85. The number of hydrogen-bond acceptors (Lipinski definition) is 3. The van der Waals surface area contributed by atoms with Crippen LogP contribution in [-0.2, 0) is 6.54 Å². The fraction of sp³-hybridized carbons (Fsp3) is 0.0526. The van der Waals surface area contributed by atoms with Gasteiger partial charge in [-0.3, -0.25) is 9.78 Å². The number of aromatic nitrogens is 1. The van der Waals surface area contributed by atoms with Crippen LogP contribution in [-0.4, -0.2) is 10.9 Å². The van der Waals surface area contributed by atoms with Crippen molar-refractivity contribution in [2.75, 3.05) is 5.32 Å². The van der Waals surface area contributed by atoms with E-state index in [9.17, 15) is 4.79 Å². The summed E-state index contributed by atoms with van der Waals surface area (Å²) in [4.78, 5) is 15.6. The summed E-state index contributed by atoms with van der Waals surface area (Å²) in [5, 5.41) is 4.05. The van der Waals surface area contributed by atoms with Crippen molar-refractivity contribution in [2.24, 2.45) is 5.73 Å². The Bertz CT molecular complexity index is 862. The Morgan fingerprint density at radius 3 is 2.58 bits per heavy atom. The van der Waals surface area contributed by atoms with E-state index in [0.29, 0.717) is 12.1 Å². The van der Waals surface area contributed by atoms with Crippen molar-refractivity contribution in [3.8, 4) is 11.1 Å². The Balaban J connectivity index is 1.77. The van der Waals surface area contributed by atoms with Crippen LogP contribution in [0.1, 0.15) is 15.9 Å². The van der Waals surface area contributed by atoms with Gasteiger partial charge >= 0.3 is 0 Å². The molecule has 4 nitrogen and oxygen atoms in total. The number of rotatable bonds is 5. The number of halogens is 1. The third kappa shape index (κ3) is 3.91. The van der Waals surface area contributed by atoms with Gasteiger partial charge in [0.2, 0.25) is 5.91 Å². The normalized spacial score (nSPS) is 10.4. The maximum absolute atomic E-state index is 11.3. The number of nitrogens with two attached hydrogens (primary N) is 1. The number of benzene rings is 2. The van der Waals surface area contributed by atoms with Gasteiger partial charge in [0.1, 0.15) is 0 Å². The highest BCUT2D eigenvalue weighted by molar-refractivity contribution is 6.30. The zero-order valence-corrected chi connectivity index (χ0v) is 13.6. The van der Waals surface area contributed by atoms with E-state index in [1.165, 1.54) is 0 Å². The average molecular weight is 338 g/mol. The van der Waals surface area contributed by atoms with Crippen molar-refractivity contribution in [2.45, 2.75) is 6.54 Å². The molecule has 120 valence electrons. The molecule has 24 heavy (non-hydrogen) atoms. The second-order valence-corrected chi connectivity index (χ2v) is 5.82. The third-order valence-corrected chi connectivity index (χ3v) is 3.88. The molecule has 0 atom stereocenters. The van der Waals surface area contributed by atoms with Crippen LogP contribution in [0.3, 0.4) is 0 Å². The zero-order valence-electron chi connectivity index (χ0n) is 12.9. The van der Waals surface area contributed by atoms with Crippen LogP contribution < -0.4 is 11.1 Å². The fourth-order valence-electron chi connectivity index (χ4n) is 2.35. The molecule has 2 aromatic carbocycles. The molecule has 3 rings (SSSR count). The Kier molecular flexibility index (Phi) is 4.77. The first-order valence-corrected chi connectivity index (χ1v) is 7.83. The topological polar surface area (TPSA) is 68.0 Å². The van der Waals surface area contributed by atoms with Gasteiger partial charge in [-0.15, -0.1) is 0 Å². The molecule has 0 spiro atoms. The number of carbonyl (C=O) groups is 1. The number of nitrogens with zero attached hydrogens (tertiary/aromatic N) is 1. The third-order valence-electron chi connectivity index (χ3n) is 3.63. The van der Waals surface area contributed by atoms with Gasteiger partial charge in [-0.25, -0.2) is 0 Å². The first-order valence-electron chi connectivity index (χ1n) is 7.45. The Labute approximate surface area is 145 Å². The number of nitrogens with one attached hydrogen (secondary N) is 1. The number of amides is 1. The monoisotopic (exact) mass is 337 g/mol. The minimum absolute atomic E-state index is 0.443. The summed E-state index contributed by atoms with van der Waals surface area (Å²) in [6, 6.07) is 16.9. The quantitative estimate of drug-likeness (QED) is 0.736. The highest BCUT2D eigenvalue weighted by Gasteiger charge is 2.05. The maximum Gasteiger partial charge on any atom is 0.248 e. The van der Waals surface area contributed by atoms with E-state index in [2.05, 4.69) is 10.3 Å². The summed E-state index contributed by atoms with van der Waals surface area (Å²) in [5.41, 5.74) is 9.65. The second-order valence-electron chi connectivity index (χ2n) is 5.39. The van der Waals surface area contributed by atoms with Gasteiger partial charge < -0.3 is 11.1 Å². The van der Waals surface area contributed by atoms with Gasteiger partial charge in [0, 0.05) is 35.1 Å². The predicted octanol–water partition coefficient (Wildman–Crippen LogP) is 4.11. The van der Waals surface area contributed by atoms with Gasteiger partial charge in [0.15, 0.2) is 0 Å². The first-order chi connectivity index (χ1) is 11.6. The summed E-state index contributed by atoms with van der Waals surface area (Å²) in [7, 11) is 0. The fourth-order valence-corrected chi connectivity index (χ4v) is 2.48. The van der Waals surface area contributed by atoms with Gasteiger partial charge in [-0.05, 0) is 41.5 Å². The minimum atomic E-state index is -0.443. The number of anilines is 1. The molecule has 5 heteroatoms.